The van der Waals surface area contributed by atoms with Crippen LogP contribution in [0.1, 0.15) is 13.8 Å². The van der Waals surface area contributed by atoms with E-state index in [0.717, 1.165) is 0 Å². The van der Waals surface area contributed by atoms with Crippen LogP contribution in [0, 0.1) is 0 Å². The molecule has 2 saturated heterocycles. The van der Waals surface area contributed by atoms with E-state index in [9.17, 15) is 5.11 Å². The predicted octanol–water partition coefficient (Wildman–Crippen LogP) is 0.663. The molecular formula is C13H23IO7. The lowest BCUT2D eigenvalue weighted by atomic mass is 9.94. The van der Waals surface area contributed by atoms with Gasteiger partial charge in [0.2, 0.25) is 11.6 Å². The summed E-state index contributed by atoms with van der Waals surface area (Å²) in [6, 6.07) is 0. The Kier molecular flexibility index (Phi) is 5.52. The average molecular weight is 418 g/mol. The van der Waals surface area contributed by atoms with Crippen molar-refractivity contribution in [2.24, 2.45) is 0 Å². The molecule has 0 radical (unpaired) electrons. The molecule has 21 heavy (non-hydrogen) atoms. The highest BCUT2D eigenvalue weighted by Crippen LogP contribution is 2.43. The Bertz CT molecular complexity index is 370. The van der Waals surface area contributed by atoms with Crippen molar-refractivity contribution in [3.63, 3.8) is 0 Å². The number of methoxy groups -OCH3 is 3. The average Bonchev–Trinajstić information content (AvgIpc) is 2.50. The summed E-state index contributed by atoms with van der Waals surface area (Å²) in [5.41, 5.74) is 0. The van der Waals surface area contributed by atoms with Gasteiger partial charge in [-0.25, -0.2) is 0 Å². The van der Waals surface area contributed by atoms with Crippen LogP contribution >= 0.6 is 22.6 Å². The van der Waals surface area contributed by atoms with E-state index >= 15 is 0 Å². The van der Waals surface area contributed by atoms with Gasteiger partial charge in [-0.3, -0.25) is 0 Å². The molecular weight excluding hydrogens is 395 g/mol. The molecule has 2 heterocycles. The third kappa shape index (κ3) is 2.85. The minimum absolute atomic E-state index is 0.278. The number of fused-ring (bicyclic) bond motifs is 1. The molecule has 0 aromatic carbocycles. The fourth-order valence-corrected chi connectivity index (χ4v) is 3.40. The molecule has 8 heteroatoms. The summed E-state index contributed by atoms with van der Waals surface area (Å²) in [6.45, 7) is 3.46. The molecule has 0 aromatic rings. The number of aliphatic hydroxyl groups excluding tert-OH is 1. The van der Waals surface area contributed by atoms with Crippen LogP contribution in [0.25, 0.3) is 0 Å². The van der Waals surface area contributed by atoms with Crippen LogP contribution in [0.4, 0.5) is 0 Å². The highest BCUT2D eigenvalue weighted by Gasteiger charge is 2.62. The molecule has 2 fully saturated rings. The van der Waals surface area contributed by atoms with E-state index in [1.807, 2.05) is 0 Å². The van der Waals surface area contributed by atoms with Crippen molar-refractivity contribution in [2.75, 3.05) is 25.8 Å². The van der Waals surface area contributed by atoms with Crippen molar-refractivity contribution < 1.29 is 33.5 Å². The van der Waals surface area contributed by atoms with Crippen molar-refractivity contribution in [2.45, 2.75) is 56.1 Å². The van der Waals surface area contributed by atoms with Crippen molar-refractivity contribution in [3.05, 3.63) is 0 Å². The first-order valence-corrected chi connectivity index (χ1v) is 8.26. The summed E-state index contributed by atoms with van der Waals surface area (Å²) in [6.07, 6.45) is -3.12. The van der Waals surface area contributed by atoms with E-state index in [1.165, 1.54) is 21.3 Å². The SMILES string of the molecule is CO[C@H]1O[C@H](CI)[C@H]2O[C@](C)(OC)[C@@](C)(OC)O[C@@H]2[C@@H]1O. The van der Waals surface area contributed by atoms with E-state index in [1.54, 1.807) is 13.8 Å². The Morgan fingerprint density at radius 2 is 1.57 bits per heavy atom. The van der Waals surface area contributed by atoms with Gasteiger partial charge in [0.05, 0.1) is 6.10 Å². The summed E-state index contributed by atoms with van der Waals surface area (Å²) in [7, 11) is 4.52. The van der Waals surface area contributed by atoms with Crippen LogP contribution < -0.4 is 0 Å². The van der Waals surface area contributed by atoms with Gasteiger partial charge in [-0.2, -0.15) is 0 Å². The maximum atomic E-state index is 10.4. The molecule has 0 aliphatic carbocycles. The molecule has 0 bridgehead atoms. The van der Waals surface area contributed by atoms with Gasteiger partial charge in [-0.1, -0.05) is 22.6 Å². The molecule has 0 spiro atoms. The summed E-state index contributed by atoms with van der Waals surface area (Å²) in [5.74, 6) is -2.27. The molecule has 2 rings (SSSR count). The summed E-state index contributed by atoms with van der Waals surface area (Å²) in [4.78, 5) is 0. The second-order valence-electron chi connectivity index (χ2n) is 5.39. The van der Waals surface area contributed by atoms with E-state index in [-0.39, 0.29) is 6.10 Å². The van der Waals surface area contributed by atoms with Gasteiger partial charge in [0, 0.05) is 25.8 Å². The Hall–Kier alpha value is 0.450. The second-order valence-corrected chi connectivity index (χ2v) is 6.27. The number of hydrogen-bond donors (Lipinski definition) is 1. The van der Waals surface area contributed by atoms with Crippen molar-refractivity contribution in [3.8, 4) is 0 Å². The highest BCUT2D eigenvalue weighted by molar-refractivity contribution is 14.1. The molecule has 0 aromatic heterocycles. The monoisotopic (exact) mass is 418 g/mol. The topological polar surface area (TPSA) is 75.6 Å². The summed E-state index contributed by atoms with van der Waals surface area (Å²) in [5, 5.41) is 10.4. The van der Waals surface area contributed by atoms with Gasteiger partial charge >= 0.3 is 0 Å². The van der Waals surface area contributed by atoms with Crippen LogP contribution in [0.5, 0.6) is 0 Å². The third-order valence-electron chi connectivity index (χ3n) is 4.32. The molecule has 7 nitrogen and oxygen atoms in total. The molecule has 2 aliphatic heterocycles. The molecule has 1 N–H and O–H groups in total. The van der Waals surface area contributed by atoms with Gasteiger partial charge < -0.3 is 33.5 Å². The lowest BCUT2D eigenvalue weighted by Gasteiger charge is -2.56. The molecule has 124 valence electrons. The van der Waals surface area contributed by atoms with Crippen LogP contribution in [0.3, 0.4) is 0 Å². The first kappa shape index (κ1) is 17.8. The van der Waals surface area contributed by atoms with E-state index < -0.39 is 36.2 Å². The normalized spacial score (nSPS) is 50.7. The Balaban J connectivity index is 2.33. The van der Waals surface area contributed by atoms with Crippen LogP contribution in [0.2, 0.25) is 0 Å². The van der Waals surface area contributed by atoms with Crippen LogP contribution in [-0.2, 0) is 28.4 Å². The number of rotatable bonds is 4. The maximum absolute atomic E-state index is 10.4. The fourth-order valence-electron chi connectivity index (χ4n) is 2.69. The molecule has 0 saturated carbocycles. The first-order chi connectivity index (χ1) is 9.85. The Labute approximate surface area is 138 Å². The number of halogens is 1. The maximum Gasteiger partial charge on any atom is 0.220 e. The highest BCUT2D eigenvalue weighted by atomic mass is 127. The Morgan fingerprint density at radius 1 is 1.05 bits per heavy atom. The van der Waals surface area contributed by atoms with E-state index in [2.05, 4.69) is 22.6 Å². The van der Waals surface area contributed by atoms with Crippen LogP contribution in [-0.4, -0.2) is 73.1 Å². The zero-order valence-corrected chi connectivity index (χ0v) is 15.0. The number of aliphatic hydroxyl groups is 1. The lowest BCUT2D eigenvalue weighted by Crippen LogP contribution is -2.72. The van der Waals surface area contributed by atoms with Gasteiger partial charge in [-0.05, 0) is 13.8 Å². The van der Waals surface area contributed by atoms with Crippen molar-refractivity contribution >= 4 is 22.6 Å². The molecule has 0 amide bonds. The minimum Gasteiger partial charge on any atom is -0.385 e. The fraction of sp³-hybridized carbons (Fsp3) is 1.00. The smallest absolute Gasteiger partial charge is 0.220 e. The van der Waals surface area contributed by atoms with E-state index in [0.29, 0.717) is 4.43 Å². The number of alkyl halides is 1. The molecule has 0 unspecified atom stereocenters. The van der Waals surface area contributed by atoms with Gasteiger partial charge in [0.15, 0.2) is 6.29 Å². The van der Waals surface area contributed by atoms with Crippen molar-refractivity contribution in [1.29, 1.82) is 0 Å². The quantitative estimate of drug-likeness (QED) is 0.531. The minimum atomic E-state index is -1.16. The predicted molar refractivity (Wildman–Crippen MR) is 81.1 cm³/mol. The largest absolute Gasteiger partial charge is 0.385 e. The zero-order chi connectivity index (χ0) is 15.8. The molecule has 7 atom stereocenters. The second kappa shape index (κ2) is 6.52. The van der Waals surface area contributed by atoms with Gasteiger partial charge in [0.25, 0.3) is 0 Å². The van der Waals surface area contributed by atoms with Crippen molar-refractivity contribution in [1.82, 2.24) is 0 Å². The zero-order valence-electron chi connectivity index (χ0n) is 12.9. The summed E-state index contributed by atoms with van der Waals surface area (Å²) >= 11 is 2.20. The standard InChI is InChI=1S/C13H23IO7/c1-12(17-4)13(2,18-5)21-10-8(15)11(16-3)19-7(6-14)9(10)20-12/h7-11,15H,6H2,1-5H3/t7-,8+,9-,10-,11+,12+,13+/m1/s1. The lowest BCUT2D eigenvalue weighted by molar-refractivity contribution is -0.477. The van der Waals surface area contributed by atoms with Gasteiger partial charge in [0.1, 0.15) is 18.3 Å². The summed E-state index contributed by atoms with van der Waals surface area (Å²) < 4.78 is 34.6. The first-order valence-electron chi connectivity index (χ1n) is 6.74. The number of ether oxygens (including phenoxy) is 6. The third-order valence-corrected chi connectivity index (χ3v) is 5.19. The van der Waals surface area contributed by atoms with Crippen LogP contribution in [0.15, 0.2) is 0 Å². The van der Waals surface area contributed by atoms with E-state index in [4.69, 9.17) is 28.4 Å². The Morgan fingerprint density at radius 3 is 2.00 bits per heavy atom. The molecule has 2 aliphatic rings. The number of hydrogen-bond acceptors (Lipinski definition) is 7. The van der Waals surface area contributed by atoms with Gasteiger partial charge in [-0.15, -0.1) is 0 Å².